The average Bonchev–Trinajstić information content (AvgIpc) is 3.04. The Morgan fingerprint density at radius 2 is 2.04 bits per heavy atom. The molecule has 2 atom stereocenters. The number of hydrogen-bond acceptors (Lipinski definition) is 5. The number of amides is 1. The molecule has 1 N–H and O–H groups in total. The van der Waals surface area contributed by atoms with E-state index in [4.69, 9.17) is 9.15 Å². The van der Waals surface area contributed by atoms with Crippen molar-refractivity contribution in [3.63, 3.8) is 0 Å². The molecule has 142 valence electrons. The highest BCUT2D eigenvalue weighted by Gasteiger charge is 2.40. The maximum absolute atomic E-state index is 13.5. The molecule has 2 heterocycles. The van der Waals surface area contributed by atoms with Gasteiger partial charge in [-0.2, -0.15) is 0 Å². The van der Waals surface area contributed by atoms with E-state index in [2.05, 4.69) is 0 Å². The number of ether oxygens (including phenoxy) is 1. The second-order valence-corrected chi connectivity index (χ2v) is 7.05. The van der Waals surface area contributed by atoms with Crippen molar-refractivity contribution in [2.75, 3.05) is 19.8 Å². The SMILES string of the molecule is Cc1oc2c(c1C(=O)N1CCO[C@H](CO)[C@H]1c1ccccc1)C(=O)CCC2. The van der Waals surface area contributed by atoms with Crippen LogP contribution in [0.5, 0.6) is 0 Å². The number of furan rings is 1. The fourth-order valence-corrected chi connectivity index (χ4v) is 4.17. The molecule has 0 radical (unpaired) electrons. The number of aliphatic hydroxyl groups excluding tert-OH is 1. The fourth-order valence-electron chi connectivity index (χ4n) is 4.17. The molecule has 1 aliphatic heterocycles. The number of fused-ring (bicyclic) bond motifs is 1. The number of benzene rings is 1. The summed E-state index contributed by atoms with van der Waals surface area (Å²) in [6.45, 7) is 2.28. The summed E-state index contributed by atoms with van der Waals surface area (Å²) in [6.07, 6.45) is 1.36. The first-order chi connectivity index (χ1) is 13.1. The maximum atomic E-state index is 13.5. The zero-order valence-corrected chi connectivity index (χ0v) is 15.3. The van der Waals surface area contributed by atoms with Crippen LogP contribution in [-0.4, -0.2) is 47.6 Å². The number of Topliss-reactive ketones (excluding diaryl/α,β-unsaturated/α-hetero) is 1. The lowest BCUT2D eigenvalue weighted by Crippen LogP contribution is -2.49. The van der Waals surface area contributed by atoms with E-state index in [9.17, 15) is 14.7 Å². The van der Waals surface area contributed by atoms with E-state index < -0.39 is 12.1 Å². The molecular formula is C21H23NO5. The van der Waals surface area contributed by atoms with Gasteiger partial charge in [-0.1, -0.05) is 30.3 Å². The molecule has 1 aromatic heterocycles. The summed E-state index contributed by atoms with van der Waals surface area (Å²) in [6, 6.07) is 9.13. The average molecular weight is 369 g/mol. The Bertz CT molecular complexity index is 857. The molecular weight excluding hydrogens is 346 g/mol. The predicted molar refractivity (Wildman–Crippen MR) is 97.8 cm³/mol. The van der Waals surface area contributed by atoms with Crippen molar-refractivity contribution < 1.29 is 23.8 Å². The van der Waals surface area contributed by atoms with Crippen LogP contribution in [0.15, 0.2) is 34.7 Å². The summed E-state index contributed by atoms with van der Waals surface area (Å²) in [7, 11) is 0. The number of ketones is 1. The van der Waals surface area contributed by atoms with Crippen LogP contribution >= 0.6 is 0 Å². The number of carbonyl (C=O) groups is 2. The third-order valence-corrected chi connectivity index (χ3v) is 5.39. The molecule has 4 rings (SSSR count). The van der Waals surface area contributed by atoms with Crippen molar-refractivity contribution in [2.45, 2.75) is 38.3 Å². The first-order valence-corrected chi connectivity index (χ1v) is 9.35. The van der Waals surface area contributed by atoms with E-state index in [0.717, 1.165) is 12.0 Å². The highest BCUT2D eigenvalue weighted by atomic mass is 16.5. The Morgan fingerprint density at radius 3 is 2.78 bits per heavy atom. The standard InChI is InChI=1S/C21H23NO5/c1-13-18(19-15(24)8-5-9-16(19)27-13)21(25)22-10-11-26-17(12-23)20(22)14-6-3-2-4-7-14/h2-4,6-7,17,20,23H,5,8-12H2,1H3/t17-,20-/m1/s1. The number of morpholine rings is 1. The summed E-state index contributed by atoms with van der Waals surface area (Å²) < 4.78 is 11.5. The minimum absolute atomic E-state index is 0.0281. The predicted octanol–water partition coefficient (Wildman–Crippen LogP) is 2.68. The quantitative estimate of drug-likeness (QED) is 0.900. The van der Waals surface area contributed by atoms with Crippen LogP contribution in [0.1, 0.15) is 56.7 Å². The van der Waals surface area contributed by atoms with Gasteiger partial charge in [0.05, 0.1) is 30.4 Å². The molecule has 1 saturated heterocycles. The van der Waals surface area contributed by atoms with E-state index >= 15 is 0 Å². The number of aliphatic hydroxyl groups is 1. The summed E-state index contributed by atoms with van der Waals surface area (Å²) >= 11 is 0. The number of nitrogens with zero attached hydrogens (tertiary/aromatic N) is 1. The topological polar surface area (TPSA) is 80.0 Å². The van der Waals surface area contributed by atoms with Crippen molar-refractivity contribution in [3.8, 4) is 0 Å². The Morgan fingerprint density at radius 1 is 1.26 bits per heavy atom. The van der Waals surface area contributed by atoms with Crippen LogP contribution in [0.2, 0.25) is 0 Å². The molecule has 0 saturated carbocycles. The molecule has 1 aliphatic carbocycles. The van der Waals surface area contributed by atoms with Crippen LogP contribution in [0.3, 0.4) is 0 Å². The molecule has 0 bridgehead atoms. The smallest absolute Gasteiger partial charge is 0.258 e. The Labute approximate surface area is 157 Å². The molecule has 1 aromatic carbocycles. The summed E-state index contributed by atoms with van der Waals surface area (Å²) in [4.78, 5) is 27.7. The first-order valence-electron chi connectivity index (χ1n) is 9.35. The lowest BCUT2D eigenvalue weighted by molar-refractivity contribution is -0.0811. The van der Waals surface area contributed by atoms with E-state index in [-0.39, 0.29) is 18.3 Å². The zero-order chi connectivity index (χ0) is 19.0. The second-order valence-electron chi connectivity index (χ2n) is 7.05. The third kappa shape index (κ3) is 3.09. The van der Waals surface area contributed by atoms with E-state index in [1.165, 1.54) is 0 Å². The number of carbonyl (C=O) groups excluding carboxylic acids is 2. The Kier molecular flexibility index (Phi) is 4.85. The molecule has 0 unspecified atom stereocenters. The van der Waals surface area contributed by atoms with Crippen LogP contribution in [0.25, 0.3) is 0 Å². The first kappa shape index (κ1) is 17.9. The van der Waals surface area contributed by atoms with Crippen molar-refractivity contribution in [1.29, 1.82) is 0 Å². The van der Waals surface area contributed by atoms with E-state index in [1.807, 2.05) is 30.3 Å². The summed E-state index contributed by atoms with van der Waals surface area (Å²) in [5.41, 5.74) is 1.71. The van der Waals surface area contributed by atoms with Gasteiger partial charge in [0, 0.05) is 19.4 Å². The van der Waals surface area contributed by atoms with Gasteiger partial charge in [-0.25, -0.2) is 0 Å². The highest BCUT2D eigenvalue weighted by molar-refractivity contribution is 6.10. The third-order valence-electron chi connectivity index (χ3n) is 5.39. The normalized spacial score (nSPS) is 22.6. The molecule has 2 aromatic rings. The summed E-state index contributed by atoms with van der Waals surface area (Å²) in [5, 5.41) is 9.81. The van der Waals surface area contributed by atoms with Crippen LogP contribution in [0.4, 0.5) is 0 Å². The molecule has 6 nitrogen and oxygen atoms in total. The lowest BCUT2D eigenvalue weighted by atomic mass is 9.91. The molecule has 0 spiro atoms. The molecule has 1 amide bonds. The molecule has 1 fully saturated rings. The molecule has 2 aliphatic rings. The van der Waals surface area contributed by atoms with Gasteiger partial charge < -0.3 is 19.2 Å². The number of hydrogen-bond donors (Lipinski definition) is 1. The Balaban J connectivity index is 1.76. The molecule has 27 heavy (non-hydrogen) atoms. The lowest BCUT2D eigenvalue weighted by Gasteiger charge is -2.41. The maximum Gasteiger partial charge on any atom is 0.258 e. The van der Waals surface area contributed by atoms with Gasteiger partial charge in [-0.3, -0.25) is 9.59 Å². The van der Waals surface area contributed by atoms with E-state index in [1.54, 1.807) is 11.8 Å². The monoisotopic (exact) mass is 369 g/mol. The van der Waals surface area contributed by atoms with Crippen molar-refractivity contribution in [2.24, 2.45) is 0 Å². The highest BCUT2D eigenvalue weighted by Crippen LogP contribution is 2.35. The van der Waals surface area contributed by atoms with Gasteiger partial charge >= 0.3 is 0 Å². The molecule has 6 heteroatoms. The Hall–Kier alpha value is -2.44. The van der Waals surface area contributed by atoms with Crippen molar-refractivity contribution in [3.05, 3.63) is 58.5 Å². The van der Waals surface area contributed by atoms with Crippen molar-refractivity contribution >= 4 is 11.7 Å². The minimum atomic E-state index is -0.510. The fraction of sp³-hybridized carbons (Fsp3) is 0.429. The van der Waals surface area contributed by atoms with E-state index in [0.29, 0.717) is 48.6 Å². The zero-order valence-electron chi connectivity index (χ0n) is 15.3. The van der Waals surface area contributed by atoms with Gasteiger partial charge in [0.2, 0.25) is 0 Å². The van der Waals surface area contributed by atoms with Crippen LogP contribution < -0.4 is 0 Å². The second kappa shape index (κ2) is 7.29. The van der Waals surface area contributed by atoms with Gasteiger partial charge in [-0.15, -0.1) is 0 Å². The van der Waals surface area contributed by atoms with Crippen LogP contribution in [-0.2, 0) is 11.2 Å². The summed E-state index contributed by atoms with van der Waals surface area (Å²) in [5.74, 6) is 0.845. The number of aryl methyl sites for hydroxylation is 2. The van der Waals surface area contributed by atoms with Crippen molar-refractivity contribution in [1.82, 2.24) is 4.90 Å². The van der Waals surface area contributed by atoms with Gasteiger partial charge in [0.25, 0.3) is 5.91 Å². The van der Waals surface area contributed by atoms with Crippen LogP contribution in [0, 0.1) is 6.92 Å². The minimum Gasteiger partial charge on any atom is -0.465 e. The van der Waals surface area contributed by atoms with Gasteiger partial charge in [0.1, 0.15) is 17.6 Å². The largest absolute Gasteiger partial charge is 0.465 e. The van der Waals surface area contributed by atoms with Gasteiger partial charge in [0.15, 0.2) is 5.78 Å². The number of rotatable bonds is 3. The van der Waals surface area contributed by atoms with Gasteiger partial charge in [-0.05, 0) is 18.9 Å².